The number of carboxylic acids is 1. The van der Waals surface area contributed by atoms with Crippen LogP contribution in [0.2, 0.25) is 0 Å². The molecule has 0 bridgehead atoms. The van der Waals surface area contributed by atoms with E-state index in [1.54, 1.807) is 4.90 Å². The van der Waals surface area contributed by atoms with E-state index in [0.29, 0.717) is 18.2 Å². The van der Waals surface area contributed by atoms with Crippen molar-refractivity contribution in [2.75, 3.05) is 24.7 Å². The highest BCUT2D eigenvalue weighted by molar-refractivity contribution is 8.00. The number of carbonyl (C=O) groups excluding carboxylic acids is 2. The van der Waals surface area contributed by atoms with E-state index in [4.69, 9.17) is 5.11 Å². The lowest BCUT2D eigenvalue weighted by Gasteiger charge is -2.25. The molecule has 2 aliphatic rings. The van der Waals surface area contributed by atoms with Gasteiger partial charge in [0.1, 0.15) is 6.54 Å². The minimum Gasteiger partial charge on any atom is -0.481 e. The van der Waals surface area contributed by atoms with E-state index in [2.05, 4.69) is 0 Å². The maximum Gasteiger partial charge on any atom is 0.305 e. The number of hydrogen-bond acceptors (Lipinski definition) is 4. The Labute approximate surface area is 109 Å². The monoisotopic (exact) mass is 272 g/mol. The molecule has 1 atom stereocenters. The zero-order valence-electron chi connectivity index (χ0n) is 10.0. The summed E-state index contributed by atoms with van der Waals surface area (Å²) in [7, 11) is 0. The lowest BCUT2D eigenvalue weighted by molar-refractivity contribution is -0.142. The molecule has 1 N–H and O–H groups in total. The molecule has 1 unspecified atom stereocenters. The van der Waals surface area contributed by atoms with Crippen LogP contribution in [0.25, 0.3) is 0 Å². The molecule has 0 aromatic heterocycles. The number of aliphatic carboxylic acids is 1. The zero-order chi connectivity index (χ0) is 13.1. The summed E-state index contributed by atoms with van der Waals surface area (Å²) in [5, 5.41) is 8.79. The third kappa shape index (κ3) is 2.95. The second-order valence-corrected chi connectivity index (χ2v) is 5.51. The van der Waals surface area contributed by atoms with Crippen molar-refractivity contribution < 1.29 is 19.5 Å². The maximum absolute atomic E-state index is 12.1. The van der Waals surface area contributed by atoms with Crippen molar-refractivity contribution in [1.29, 1.82) is 0 Å². The van der Waals surface area contributed by atoms with Gasteiger partial charge in [-0.2, -0.15) is 0 Å². The number of rotatable bonds is 4. The summed E-state index contributed by atoms with van der Waals surface area (Å²) in [5.41, 5.74) is 0. The van der Waals surface area contributed by atoms with Gasteiger partial charge >= 0.3 is 5.97 Å². The summed E-state index contributed by atoms with van der Waals surface area (Å²) in [6.07, 6.45) is 1.57. The van der Waals surface area contributed by atoms with Crippen LogP contribution in [0.4, 0.5) is 0 Å². The highest BCUT2D eigenvalue weighted by Gasteiger charge is 2.32. The SMILES string of the molecule is O=C(O)CC1CCCN1C(=O)CN1CSCC1=O. The van der Waals surface area contributed by atoms with Crippen molar-refractivity contribution in [3.05, 3.63) is 0 Å². The second kappa shape index (κ2) is 5.60. The molecule has 0 aromatic carbocycles. The largest absolute Gasteiger partial charge is 0.481 e. The van der Waals surface area contributed by atoms with Crippen LogP contribution < -0.4 is 0 Å². The van der Waals surface area contributed by atoms with Gasteiger partial charge in [0.05, 0.1) is 18.1 Å². The summed E-state index contributed by atoms with van der Waals surface area (Å²) >= 11 is 1.50. The molecule has 7 heteroatoms. The summed E-state index contributed by atoms with van der Waals surface area (Å²) in [6, 6.07) is -0.208. The van der Waals surface area contributed by atoms with Gasteiger partial charge in [0, 0.05) is 12.6 Å². The molecule has 0 spiro atoms. The predicted molar refractivity (Wildman–Crippen MR) is 66.0 cm³/mol. The fraction of sp³-hybridized carbons (Fsp3) is 0.727. The van der Waals surface area contributed by atoms with E-state index in [0.717, 1.165) is 12.8 Å². The van der Waals surface area contributed by atoms with Crippen molar-refractivity contribution in [3.63, 3.8) is 0 Å². The molecule has 2 saturated heterocycles. The van der Waals surface area contributed by atoms with Crippen LogP contribution in [0.3, 0.4) is 0 Å². The van der Waals surface area contributed by atoms with E-state index in [1.165, 1.54) is 16.7 Å². The van der Waals surface area contributed by atoms with Crippen LogP contribution in [0.1, 0.15) is 19.3 Å². The lowest BCUT2D eigenvalue weighted by Crippen LogP contribution is -2.43. The van der Waals surface area contributed by atoms with Gasteiger partial charge in [-0.05, 0) is 12.8 Å². The van der Waals surface area contributed by atoms with Gasteiger partial charge in [0.15, 0.2) is 0 Å². The van der Waals surface area contributed by atoms with Crippen LogP contribution in [-0.4, -0.2) is 63.5 Å². The van der Waals surface area contributed by atoms with Crippen molar-refractivity contribution in [2.45, 2.75) is 25.3 Å². The molecular weight excluding hydrogens is 256 g/mol. The number of thioether (sulfide) groups is 1. The second-order valence-electron chi connectivity index (χ2n) is 4.55. The molecule has 2 amide bonds. The van der Waals surface area contributed by atoms with Gasteiger partial charge in [-0.1, -0.05) is 0 Å². The number of likely N-dealkylation sites (tertiary alicyclic amines) is 1. The van der Waals surface area contributed by atoms with Gasteiger partial charge < -0.3 is 14.9 Å². The third-order valence-corrected chi connectivity index (χ3v) is 4.20. The molecule has 18 heavy (non-hydrogen) atoms. The summed E-state index contributed by atoms with van der Waals surface area (Å²) in [6.45, 7) is 0.688. The molecule has 2 heterocycles. The van der Waals surface area contributed by atoms with Gasteiger partial charge in [0.25, 0.3) is 0 Å². The van der Waals surface area contributed by atoms with Gasteiger partial charge in [-0.3, -0.25) is 14.4 Å². The average Bonchev–Trinajstić information content (AvgIpc) is 2.88. The Morgan fingerprint density at radius 2 is 2.22 bits per heavy atom. The first kappa shape index (κ1) is 13.2. The Balaban J connectivity index is 1.91. The molecule has 100 valence electrons. The van der Waals surface area contributed by atoms with Crippen molar-refractivity contribution in [2.24, 2.45) is 0 Å². The summed E-state index contributed by atoms with van der Waals surface area (Å²) in [5.74, 6) is -0.0298. The molecule has 6 nitrogen and oxygen atoms in total. The van der Waals surface area contributed by atoms with Gasteiger partial charge in [-0.25, -0.2) is 0 Å². The fourth-order valence-electron chi connectivity index (χ4n) is 2.37. The van der Waals surface area contributed by atoms with E-state index in [-0.39, 0.29) is 30.8 Å². The quantitative estimate of drug-likeness (QED) is 0.778. The topological polar surface area (TPSA) is 77.9 Å². The van der Waals surface area contributed by atoms with Crippen molar-refractivity contribution >= 4 is 29.5 Å². The molecule has 0 aromatic rings. The Morgan fingerprint density at radius 1 is 1.44 bits per heavy atom. The molecular formula is C11H16N2O4S. The van der Waals surface area contributed by atoms with E-state index >= 15 is 0 Å². The molecule has 0 saturated carbocycles. The number of carboxylic acid groups (broad SMARTS) is 1. The van der Waals surface area contributed by atoms with E-state index in [9.17, 15) is 14.4 Å². The Kier molecular flexibility index (Phi) is 4.11. The first-order valence-corrected chi connectivity index (χ1v) is 7.10. The van der Waals surface area contributed by atoms with Crippen LogP contribution in [0.15, 0.2) is 0 Å². The smallest absolute Gasteiger partial charge is 0.305 e. The van der Waals surface area contributed by atoms with Crippen molar-refractivity contribution in [1.82, 2.24) is 9.80 Å². The summed E-state index contributed by atoms with van der Waals surface area (Å²) in [4.78, 5) is 37.4. The summed E-state index contributed by atoms with van der Waals surface area (Å²) < 4.78 is 0. The van der Waals surface area contributed by atoms with E-state index in [1.807, 2.05) is 0 Å². The standard InChI is InChI=1S/C11H16N2O4S/c14-9(5-12-7-18-6-10(12)15)13-3-1-2-8(13)4-11(16)17/h8H,1-7H2,(H,16,17). The molecule has 2 rings (SSSR count). The number of amides is 2. The Morgan fingerprint density at radius 3 is 2.83 bits per heavy atom. The van der Waals surface area contributed by atoms with Gasteiger partial charge in [-0.15, -0.1) is 11.8 Å². The van der Waals surface area contributed by atoms with Crippen LogP contribution in [0.5, 0.6) is 0 Å². The highest BCUT2D eigenvalue weighted by Crippen LogP contribution is 2.21. The third-order valence-electron chi connectivity index (χ3n) is 3.26. The Bertz CT molecular complexity index is 374. The first-order chi connectivity index (χ1) is 8.58. The molecule has 0 aliphatic carbocycles. The minimum absolute atomic E-state index is 0.00552. The average molecular weight is 272 g/mol. The zero-order valence-corrected chi connectivity index (χ0v) is 10.8. The van der Waals surface area contributed by atoms with Crippen LogP contribution >= 0.6 is 11.8 Å². The van der Waals surface area contributed by atoms with Crippen LogP contribution in [0, 0.1) is 0 Å². The normalized spacial score (nSPS) is 23.8. The minimum atomic E-state index is -0.882. The van der Waals surface area contributed by atoms with Crippen molar-refractivity contribution in [3.8, 4) is 0 Å². The number of hydrogen-bond donors (Lipinski definition) is 1. The van der Waals surface area contributed by atoms with Crippen LogP contribution in [-0.2, 0) is 14.4 Å². The molecule has 2 aliphatic heterocycles. The van der Waals surface area contributed by atoms with Gasteiger partial charge in [0.2, 0.25) is 11.8 Å². The first-order valence-electron chi connectivity index (χ1n) is 5.94. The Hall–Kier alpha value is -1.24. The number of carbonyl (C=O) groups is 3. The molecule has 0 radical (unpaired) electrons. The fourth-order valence-corrected chi connectivity index (χ4v) is 3.28. The molecule has 2 fully saturated rings. The predicted octanol–water partition coefficient (Wildman–Crippen LogP) is -0.0150. The van der Waals surface area contributed by atoms with E-state index < -0.39 is 5.97 Å². The lowest BCUT2D eigenvalue weighted by atomic mass is 10.1. The highest BCUT2D eigenvalue weighted by atomic mass is 32.2. The number of nitrogens with zero attached hydrogens (tertiary/aromatic N) is 2. The maximum atomic E-state index is 12.1.